The van der Waals surface area contributed by atoms with Crippen LogP contribution in [0.4, 0.5) is 0 Å². The van der Waals surface area contributed by atoms with Crippen molar-refractivity contribution in [2.24, 2.45) is 0 Å². The van der Waals surface area contributed by atoms with E-state index in [1.807, 2.05) is 20.8 Å². The largest absolute Gasteiger partial charge is 0.430 e. The molecule has 2 aromatic rings. The molecule has 0 N–H and O–H groups in total. The molecular weight excluding hydrogens is 322 g/mol. The summed E-state index contributed by atoms with van der Waals surface area (Å²) in [6, 6.07) is 6.23. The fourth-order valence-electron chi connectivity index (χ4n) is 1.55. The topological polar surface area (TPSA) is 72.4 Å². The molecule has 6 nitrogen and oxygen atoms in total. The van der Waals surface area contributed by atoms with Crippen LogP contribution in [0.1, 0.15) is 26.6 Å². The molecular formula is C14H19N3O3S2. The highest BCUT2D eigenvalue weighted by molar-refractivity contribution is 7.89. The van der Waals surface area contributed by atoms with Crippen molar-refractivity contribution in [3.05, 3.63) is 30.1 Å². The van der Waals surface area contributed by atoms with Gasteiger partial charge < -0.3 is 4.74 Å². The molecule has 0 aliphatic heterocycles. The Hall–Kier alpha value is -1.51. The molecule has 0 atom stereocenters. The first kappa shape index (κ1) is 16.9. The maximum absolute atomic E-state index is 12.0. The molecule has 0 saturated heterocycles. The van der Waals surface area contributed by atoms with Gasteiger partial charge in [0.25, 0.3) is 5.19 Å². The molecule has 0 saturated carbocycles. The zero-order valence-corrected chi connectivity index (χ0v) is 14.8. The summed E-state index contributed by atoms with van der Waals surface area (Å²) in [5, 5.41) is 0.438. The smallest absolute Gasteiger partial charge is 0.298 e. The third-order valence-electron chi connectivity index (χ3n) is 2.89. The number of sulfonamides is 1. The first-order valence-electron chi connectivity index (χ1n) is 6.65. The fraction of sp³-hybridized carbons (Fsp3) is 0.429. The fourth-order valence-corrected chi connectivity index (χ4v) is 3.19. The summed E-state index contributed by atoms with van der Waals surface area (Å²) in [5.74, 6) is 1.24. The average Bonchev–Trinajstić information content (AvgIpc) is 2.87. The van der Waals surface area contributed by atoms with Crippen molar-refractivity contribution in [3.63, 3.8) is 0 Å². The maximum atomic E-state index is 12.0. The predicted molar refractivity (Wildman–Crippen MR) is 86.0 cm³/mol. The lowest BCUT2D eigenvalue weighted by Crippen LogP contribution is -2.22. The summed E-state index contributed by atoms with van der Waals surface area (Å²) >= 11 is 1.18. The van der Waals surface area contributed by atoms with Crippen LogP contribution >= 0.6 is 11.5 Å². The van der Waals surface area contributed by atoms with E-state index in [4.69, 9.17) is 4.74 Å². The first-order valence-corrected chi connectivity index (χ1v) is 8.87. The Morgan fingerprint density at radius 2 is 1.73 bits per heavy atom. The molecule has 120 valence electrons. The van der Waals surface area contributed by atoms with Crippen molar-refractivity contribution in [1.29, 1.82) is 0 Å². The van der Waals surface area contributed by atoms with Gasteiger partial charge in [0, 0.05) is 31.0 Å². The molecule has 0 spiro atoms. The predicted octanol–water partition coefficient (Wildman–Crippen LogP) is 2.88. The van der Waals surface area contributed by atoms with Crippen LogP contribution in [0.2, 0.25) is 0 Å². The van der Waals surface area contributed by atoms with Crippen molar-refractivity contribution < 1.29 is 13.2 Å². The normalized spacial score (nSPS) is 12.6. The lowest BCUT2D eigenvalue weighted by molar-refractivity contribution is 0.467. The van der Waals surface area contributed by atoms with Crippen molar-refractivity contribution in [2.75, 3.05) is 14.1 Å². The Kier molecular flexibility index (Phi) is 4.55. The van der Waals surface area contributed by atoms with Crippen LogP contribution in [0.15, 0.2) is 29.2 Å². The third-order valence-corrected chi connectivity index (χ3v) is 5.31. The van der Waals surface area contributed by atoms with Gasteiger partial charge in [0.05, 0.1) is 4.90 Å². The first-order chi connectivity index (χ1) is 10.1. The summed E-state index contributed by atoms with van der Waals surface area (Å²) < 4.78 is 35.0. The number of nitrogens with zero attached hydrogens (tertiary/aromatic N) is 3. The standard InChI is InChI=1S/C14H19N3O3S2/c1-14(2,3)12-15-13(21-16-12)20-10-6-8-11(9-7-10)22(18,19)17(4)5/h6-9H,1-5H3. The molecule has 0 amide bonds. The Labute approximate surface area is 135 Å². The third kappa shape index (κ3) is 3.63. The second-order valence-corrected chi connectivity index (χ2v) is 8.86. The van der Waals surface area contributed by atoms with E-state index in [9.17, 15) is 8.42 Å². The molecule has 0 aliphatic rings. The van der Waals surface area contributed by atoms with Crippen LogP contribution in [0.3, 0.4) is 0 Å². The molecule has 0 unspecified atom stereocenters. The minimum atomic E-state index is -3.43. The number of benzene rings is 1. The molecule has 0 fully saturated rings. The highest BCUT2D eigenvalue weighted by Crippen LogP contribution is 2.28. The van der Waals surface area contributed by atoms with Gasteiger partial charge in [0.15, 0.2) is 5.82 Å². The lowest BCUT2D eigenvalue weighted by atomic mass is 9.96. The second kappa shape index (κ2) is 5.94. The lowest BCUT2D eigenvalue weighted by Gasteiger charge is -2.12. The maximum Gasteiger partial charge on any atom is 0.298 e. The Bertz CT molecular complexity index is 744. The van der Waals surface area contributed by atoms with Gasteiger partial charge in [-0.3, -0.25) is 0 Å². The van der Waals surface area contributed by atoms with E-state index in [-0.39, 0.29) is 10.3 Å². The summed E-state index contributed by atoms with van der Waals surface area (Å²) in [4.78, 5) is 4.55. The Morgan fingerprint density at radius 3 is 2.18 bits per heavy atom. The van der Waals surface area contributed by atoms with Crippen molar-refractivity contribution in [1.82, 2.24) is 13.7 Å². The van der Waals surface area contributed by atoms with E-state index in [0.717, 1.165) is 5.82 Å². The molecule has 1 aromatic carbocycles. The van der Waals surface area contributed by atoms with Crippen LogP contribution in [-0.4, -0.2) is 36.2 Å². The van der Waals surface area contributed by atoms with Gasteiger partial charge in [0.2, 0.25) is 10.0 Å². The van der Waals surface area contributed by atoms with Crippen molar-refractivity contribution in [3.8, 4) is 10.9 Å². The van der Waals surface area contributed by atoms with Crippen molar-refractivity contribution in [2.45, 2.75) is 31.1 Å². The van der Waals surface area contributed by atoms with E-state index in [1.165, 1.54) is 42.1 Å². The molecule has 22 heavy (non-hydrogen) atoms. The zero-order valence-electron chi connectivity index (χ0n) is 13.2. The van der Waals surface area contributed by atoms with E-state index >= 15 is 0 Å². The average molecular weight is 341 g/mol. The van der Waals surface area contributed by atoms with Gasteiger partial charge >= 0.3 is 0 Å². The second-order valence-electron chi connectivity index (χ2n) is 5.99. The van der Waals surface area contributed by atoms with Gasteiger partial charge in [-0.25, -0.2) is 12.7 Å². The molecule has 2 rings (SSSR count). The number of hydrogen-bond acceptors (Lipinski definition) is 6. The minimum Gasteiger partial charge on any atom is -0.430 e. The van der Waals surface area contributed by atoms with Crippen LogP contribution in [0, 0.1) is 0 Å². The number of rotatable bonds is 4. The Morgan fingerprint density at radius 1 is 1.14 bits per heavy atom. The van der Waals surface area contributed by atoms with E-state index < -0.39 is 10.0 Å². The quantitative estimate of drug-likeness (QED) is 0.855. The molecule has 8 heteroatoms. The summed E-state index contributed by atoms with van der Waals surface area (Å²) in [5.41, 5.74) is -0.137. The van der Waals surface area contributed by atoms with Crippen LogP contribution in [-0.2, 0) is 15.4 Å². The van der Waals surface area contributed by atoms with E-state index in [1.54, 1.807) is 12.1 Å². The van der Waals surface area contributed by atoms with Gasteiger partial charge in [0.1, 0.15) is 5.75 Å². The Balaban J connectivity index is 2.17. The van der Waals surface area contributed by atoms with E-state index in [2.05, 4.69) is 9.36 Å². The molecule has 0 radical (unpaired) electrons. The SMILES string of the molecule is CN(C)S(=O)(=O)c1ccc(Oc2nc(C(C)(C)C)ns2)cc1. The highest BCUT2D eigenvalue weighted by atomic mass is 32.2. The monoisotopic (exact) mass is 341 g/mol. The summed E-state index contributed by atoms with van der Waals surface area (Å²) in [7, 11) is -0.439. The molecule has 0 bridgehead atoms. The van der Waals surface area contributed by atoms with Crippen molar-refractivity contribution >= 4 is 21.6 Å². The van der Waals surface area contributed by atoms with Crippen LogP contribution < -0.4 is 4.74 Å². The van der Waals surface area contributed by atoms with Gasteiger partial charge in [-0.1, -0.05) is 20.8 Å². The number of ether oxygens (including phenoxy) is 1. The number of hydrogen-bond donors (Lipinski definition) is 0. The highest BCUT2D eigenvalue weighted by Gasteiger charge is 2.21. The van der Waals surface area contributed by atoms with Crippen LogP contribution in [0.25, 0.3) is 0 Å². The summed E-state index contributed by atoms with van der Waals surface area (Å²) in [6.07, 6.45) is 0. The molecule has 1 aromatic heterocycles. The van der Waals surface area contributed by atoms with Gasteiger partial charge in [-0.2, -0.15) is 9.36 Å². The zero-order chi connectivity index (χ0) is 16.5. The van der Waals surface area contributed by atoms with Crippen LogP contribution in [0.5, 0.6) is 10.9 Å². The molecule has 0 aliphatic carbocycles. The van der Waals surface area contributed by atoms with E-state index in [0.29, 0.717) is 10.9 Å². The van der Waals surface area contributed by atoms with Gasteiger partial charge in [-0.15, -0.1) is 0 Å². The molecule has 1 heterocycles. The minimum absolute atomic E-state index is 0.137. The number of aromatic nitrogens is 2. The summed E-state index contributed by atoms with van der Waals surface area (Å²) in [6.45, 7) is 6.08. The van der Waals surface area contributed by atoms with Gasteiger partial charge in [-0.05, 0) is 24.3 Å².